The molecule has 2 heterocycles. The van der Waals surface area contributed by atoms with Crippen molar-refractivity contribution in [3.63, 3.8) is 0 Å². The summed E-state index contributed by atoms with van der Waals surface area (Å²) >= 11 is 1.34. The van der Waals surface area contributed by atoms with E-state index in [9.17, 15) is 14.0 Å². The fraction of sp³-hybridized carbons (Fsp3) is 0.333. The molecule has 7 heteroatoms. The number of benzene rings is 2. The molecule has 146 valence electrons. The highest BCUT2D eigenvalue weighted by molar-refractivity contribution is 7.14. The summed E-state index contributed by atoms with van der Waals surface area (Å²) in [4.78, 5) is 29.7. The van der Waals surface area contributed by atoms with Crippen LogP contribution in [0.5, 0.6) is 0 Å². The molecule has 1 aromatic heterocycles. The Morgan fingerprint density at radius 2 is 1.75 bits per heavy atom. The summed E-state index contributed by atoms with van der Waals surface area (Å²) in [7, 11) is 0. The highest BCUT2D eigenvalue weighted by Crippen LogP contribution is 2.25. The van der Waals surface area contributed by atoms with Crippen molar-refractivity contribution in [2.24, 2.45) is 0 Å². The molecule has 1 aliphatic rings. The Balaban J connectivity index is 1.51. The molecule has 28 heavy (non-hydrogen) atoms. The van der Waals surface area contributed by atoms with E-state index in [0.717, 1.165) is 4.70 Å². The predicted molar refractivity (Wildman–Crippen MR) is 111 cm³/mol. The largest absolute Gasteiger partial charge is 0.366 e. The molecule has 4 rings (SSSR count). The summed E-state index contributed by atoms with van der Waals surface area (Å²) in [5, 5.41) is 0.656. The van der Waals surface area contributed by atoms with Crippen LogP contribution in [-0.2, 0) is 4.79 Å². The van der Waals surface area contributed by atoms with E-state index in [1.165, 1.54) is 17.6 Å². The minimum Gasteiger partial charge on any atom is -0.366 e. The van der Waals surface area contributed by atoms with Gasteiger partial charge in [0, 0.05) is 26.2 Å². The van der Waals surface area contributed by atoms with Crippen LogP contribution in [0.2, 0.25) is 0 Å². The van der Waals surface area contributed by atoms with Crippen LogP contribution in [0, 0.1) is 5.82 Å². The van der Waals surface area contributed by atoms with E-state index in [-0.39, 0.29) is 17.3 Å². The second-order valence-corrected chi connectivity index (χ2v) is 7.92. The third-order valence-corrected chi connectivity index (χ3v) is 6.42. The van der Waals surface area contributed by atoms with Crippen molar-refractivity contribution >= 4 is 33.2 Å². The average molecular weight is 399 g/mol. The van der Waals surface area contributed by atoms with E-state index in [1.807, 2.05) is 36.1 Å². The molecule has 1 saturated heterocycles. The van der Waals surface area contributed by atoms with Gasteiger partial charge in [-0.05, 0) is 30.7 Å². The van der Waals surface area contributed by atoms with E-state index < -0.39 is 6.04 Å². The van der Waals surface area contributed by atoms with Crippen LogP contribution in [0.25, 0.3) is 10.1 Å². The quantitative estimate of drug-likeness (QED) is 0.675. The van der Waals surface area contributed by atoms with Gasteiger partial charge in [0.25, 0.3) is 5.56 Å². The standard InChI is InChI=1S/C21H22FN3O2S/c1-2-17(25-20(26)15-7-3-6-10-19(15)28-25)21(27)24-13-11-23(12-14-24)18-9-5-4-8-16(18)22/h3-10,17H,2,11-14H2,1H3. The Kier molecular flexibility index (Phi) is 5.17. The highest BCUT2D eigenvalue weighted by Gasteiger charge is 2.30. The van der Waals surface area contributed by atoms with Crippen molar-refractivity contribution in [3.05, 3.63) is 64.7 Å². The predicted octanol–water partition coefficient (Wildman–Crippen LogP) is 3.50. The van der Waals surface area contributed by atoms with Gasteiger partial charge in [-0.25, -0.2) is 4.39 Å². The average Bonchev–Trinajstić information content (AvgIpc) is 3.06. The van der Waals surface area contributed by atoms with Gasteiger partial charge < -0.3 is 9.80 Å². The zero-order valence-corrected chi connectivity index (χ0v) is 16.5. The molecular weight excluding hydrogens is 377 g/mol. The topological polar surface area (TPSA) is 45.6 Å². The molecule has 0 radical (unpaired) electrons. The molecule has 3 aromatic rings. The number of hydrogen-bond acceptors (Lipinski definition) is 4. The Bertz CT molecular complexity index is 1050. The van der Waals surface area contributed by atoms with Crippen molar-refractivity contribution in [2.45, 2.75) is 19.4 Å². The monoisotopic (exact) mass is 399 g/mol. The van der Waals surface area contributed by atoms with Crippen LogP contribution in [-0.4, -0.2) is 40.9 Å². The van der Waals surface area contributed by atoms with Gasteiger partial charge in [-0.2, -0.15) is 0 Å². The van der Waals surface area contributed by atoms with Gasteiger partial charge in [0.2, 0.25) is 5.91 Å². The number of amides is 1. The molecule has 0 bridgehead atoms. The number of aromatic nitrogens is 1. The first kappa shape index (κ1) is 18.7. The van der Waals surface area contributed by atoms with Crippen molar-refractivity contribution in [1.82, 2.24) is 8.86 Å². The smallest absolute Gasteiger partial charge is 0.269 e. The molecule has 2 aromatic carbocycles. The normalized spacial score (nSPS) is 15.8. The van der Waals surface area contributed by atoms with Gasteiger partial charge in [0.05, 0.1) is 15.8 Å². The van der Waals surface area contributed by atoms with Gasteiger partial charge in [0.1, 0.15) is 11.9 Å². The van der Waals surface area contributed by atoms with Gasteiger partial charge in [-0.15, -0.1) is 0 Å². The lowest BCUT2D eigenvalue weighted by atomic mass is 10.1. The van der Waals surface area contributed by atoms with Crippen LogP contribution in [0.4, 0.5) is 10.1 Å². The van der Waals surface area contributed by atoms with E-state index in [0.29, 0.717) is 43.7 Å². The van der Waals surface area contributed by atoms with E-state index in [1.54, 1.807) is 27.1 Å². The third-order valence-electron chi connectivity index (χ3n) is 5.25. The van der Waals surface area contributed by atoms with E-state index >= 15 is 0 Å². The Labute approximate surface area is 166 Å². The maximum absolute atomic E-state index is 14.0. The van der Waals surface area contributed by atoms with Gasteiger partial charge in [0.15, 0.2) is 0 Å². The maximum Gasteiger partial charge on any atom is 0.269 e. The minimum absolute atomic E-state index is 0.0376. The van der Waals surface area contributed by atoms with Gasteiger partial charge in [-0.3, -0.25) is 13.5 Å². The van der Waals surface area contributed by atoms with Crippen molar-refractivity contribution in [2.75, 3.05) is 31.1 Å². The molecule has 0 spiro atoms. The summed E-state index contributed by atoms with van der Waals surface area (Å²) in [6, 6.07) is 13.6. The summed E-state index contributed by atoms with van der Waals surface area (Å²) in [6.07, 6.45) is 0.555. The van der Waals surface area contributed by atoms with E-state index in [2.05, 4.69) is 0 Å². The molecule has 5 nitrogen and oxygen atoms in total. The number of fused-ring (bicyclic) bond motifs is 1. The number of para-hydroxylation sites is 1. The molecule has 0 aliphatic carbocycles. The van der Waals surface area contributed by atoms with Crippen LogP contribution >= 0.6 is 11.5 Å². The molecule has 1 aliphatic heterocycles. The number of carbonyl (C=O) groups excluding carboxylic acids is 1. The van der Waals surface area contributed by atoms with Crippen LogP contribution in [0.1, 0.15) is 19.4 Å². The van der Waals surface area contributed by atoms with Crippen molar-refractivity contribution < 1.29 is 9.18 Å². The number of halogens is 1. The molecule has 1 unspecified atom stereocenters. The van der Waals surface area contributed by atoms with Crippen LogP contribution in [0.3, 0.4) is 0 Å². The summed E-state index contributed by atoms with van der Waals surface area (Å²) in [6.45, 7) is 4.11. The van der Waals surface area contributed by atoms with E-state index in [4.69, 9.17) is 0 Å². The second-order valence-electron chi connectivity index (χ2n) is 6.91. The van der Waals surface area contributed by atoms with Crippen LogP contribution < -0.4 is 10.5 Å². The molecule has 1 fully saturated rings. The lowest BCUT2D eigenvalue weighted by molar-refractivity contribution is -0.135. The molecule has 1 atom stereocenters. The molecule has 1 amide bonds. The summed E-state index contributed by atoms with van der Waals surface area (Å²) < 4.78 is 16.5. The minimum atomic E-state index is -0.495. The fourth-order valence-electron chi connectivity index (χ4n) is 3.72. The molecule has 0 saturated carbocycles. The lowest BCUT2D eigenvalue weighted by Gasteiger charge is -2.37. The Morgan fingerprint density at radius 1 is 1.07 bits per heavy atom. The van der Waals surface area contributed by atoms with Gasteiger partial charge >= 0.3 is 0 Å². The number of piperazine rings is 1. The Morgan fingerprint density at radius 3 is 2.43 bits per heavy atom. The molecular formula is C21H22FN3O2S. The number of anilines is 1. The fourth-order valence-corrected chi connectivity index (χ4v) is 4.87. The first-order valence-corrected chi connectivity index (χ1v) is 10.3. The Hall–Kier alpha value is -2.67. The lowest BCUT2D eigenvalue weighted by Crippen LogP contribution is -2.51. The number of hydrogen-bond donors (Lipinski definition) is 0. The van der Waals surface area contributed by atoms with Crippen LogP contribution in [0.15, 0.2) is 53.3 Å². The summed E-state index contributed by atoms with van der Waals surface area (Å²) in [5.74, 6) is -0.283. The zero-order chi connectivity index (χ0) is 19.7. The summed E-state index contributed by atoms with van der Waals surface area (Å²) in [5.41, 5.74) is 0.466. The first-order valence-electron chi connectivity index (χ1n) is 9.49. The molecule has 0 N–H and O–H groups in total. The highest BCUT2D eigenvalue weighted by atomic mass is 32.1. The van der Waals surface area contributed by atoms with Gasteiger partial charge in [-0.1, -0.05) is 42.7 Å². The number of rotatable bonds is 4. The zero-order valence-electron chi connectivity index (χ0n) is 15.7. The maximum atomic E-state index is 14.0. The first-order chi connectivity index (χ1) is 13.6. The SMILES string of the molecule is CCC(C(=O)N1CCN(c2ccccc2F)CC1)n1sc2ccccc2c1=O. The van der Waals surface area contributed by atoms with Crippen molar-refractivity contribution in [3.8, 4) is 0 Å². The third kappa shape index (κ3) is 3.30. The van der Waals surface area contributed by atoms with Crippen molar-refractivity contribution in [1.29, 1.82) is 0 Å². The number of nitrogens with zero attached hydrogens (tertiary/aromatic N) is 3. The second kappa shape index (κ2) is 7.75. The number of carbonyl (C=O) groups is 1.